The molecule has 4 heteroatoms. The molecule has 6 rings (SSSR count). The van der Waals surface area contributed by atoms with Crippen LogP contribution in [0.1, 0.15) is 24.0 Å². The highest BCUT2D eigenvalue weighted by Gasteiger charge is 2.30. The molecule has 208 valence electrons. The van der Waals surface area contributed by atoms with E-state index >= 15 is 0 Å². The zero-order valence-electron chi connectivity index (χ0n) is 23.8. The molecule has 0 spiro atoms. The van der Waals surface area contributed by atoms with Gasteiger partial charge in [0.1, 0.15) is 23.0 Å². The maximum absolute atomic E-state index is 6.07. The van der Waals surface area contributed by atoms with Gasteiger partial charge in [0.2, 0.25) is 0 Å². The van der Waals surface area contributed by atoms with Crippen LogP contribution in [-0.2, 0) is 10.9 Å². The van der Waals surface area contributed by atoms with Crippen LogP contribution >= 0.6 is 11.8 Å². The SMILES string of the molecule is Cc1cc([S+](c2ccc(Oc3ccccc3)cc2)c2ccccc2C)ccc1Sc1ccc(OC2=CC=CCC2)cc1. The van der Waals surface area contributed by atoms with E-state index in [2.05, 4.69) is 123 Å². The third kappa shape index (κ3) is 6.84. The van der Waals surface area contributed by atoms with Gasteiger partial charge >= 0.3 is 0 Å². The molecule has 0 fully saturated rings. The molecule has 0 heterocycles. The Bertz CT molecular complexity index is 1710. The number of allylic oxidation sites excluding steroid dienone is 4. The van der Waals surface area contributed by atoms with Crippen LogP contribution in [0, 0.1) is 13.8 Å². The molecular weight excluding hydrogens is 553 g/mol. The Morgan fingerprint density at radius 3 is 2.00 bits per heavy atom. The van der Waals surface area contributed by atoms with Crippen molar-refractivity contribution in [3.8, 4) is 17.2 Å². The van der Waals surface area contributed by atoms with Gasteiger partial charge in [0.05, 0.1) is 10.9 Å². The van der Waals surface area contributed by atoms with Crippen molar-refractivity contribution in [2.45, 2.75) is 51.2 Å². The summed E-state index contributed by atoms with van der Waals surface area (Å²) in [7, 11) is -0.244. The lowest BCUT2D eigenvalue weighted by atomic mass is 10.2. The van der Waals surface area contributed by atoms with E-state index in [0.717, 1.165) is 35.8 Å². The van der Waals surface area contributed by atoms with E-state index in [1.165, 1.54) is 35.6 Å². The molecule has 1 unspecified atom stereocenters. The lowest BCUT2D eigenvalue weighted by molar-refractivity contribution is 0.402. The Hall–Kier alpha value is -4.12. The van der Waals surface area contributed by atoms with Crippen molar-refractivity contribution >= 4 is 22.7 Å². The van der Waals surface area contributed by atoms with Crippen LogP contribution in [0.2, 0.25) is 0 Å². The summed E-state index contributed by atoms with van der Waals surface area (Å²) in [5, 5.41) is 0. The second kappa shape index (κ2) is 13.2. The van der Waals surface area contributed by atoms with Gasteiger partial charge in [-0.2, -0.15) is 0 Å². The zero-order chi connectivity index (χ0) is 28.7. The van der Waals surface area contributed by atoms with E-state index in [0.29, 0.717) is 0 Å². The first-order valence-corrected chi connectivity index (χ1v) is 16.2. The molecule has 1 aliphatic carbocycles. The largest absolute Gasteiger partial charge is 0.462 e. The highest BCUT2D eigenvalue weighted by Crippen LogP contribution is 2.38. The van der Waals surface area contributed by atoms with Crippen molar-refractivity contribution in [1.29, 1.82) is 0 Å². The van der Waals surface area contributed by atoms with Crippen molar-refractivity contribution < 1.29 is 9.47 Å². The predicted molar refractivity (Wildman–Crippen MR) is 175 cm³/mol. The molecule has 1 atom stereocenters. The first-order chi connectivity index (χ1) is 20.6. The van der Waals surface area contributed by atoms with E-state index in [1.54, 1.807) is 11.8 Å². The van der Waals surface area contributed by atoms with Crippen molar-refractivity contribution in [1.82, 2.24) is 0 Å². The molecule has 0 aromatic heterocycles. The fraction of sp³-hybridized carbons (Fsp3) is 0.105. The summed E-state index contributed by atoms with van der Waals surface area (Å²) in [6.07, 6.45) is 8.27. The van der Waals surface area contributed by atoms with Crippen LogP contribution < -0.4 is 9.47 Å². The van der Waals surface area contributed by atoms with E-state index in [-0.39, 0.29) is 10.9 Å². The van der Waals surface area contributed by atoms with E-state index in [1.807, 2.05) is 30.3 Å². The number of aryl methyl sites for hydroxylation is 2. The summed E-state index contributed by atoms with van der Waals surface area (Å²) in [6.45, 7) is 4.41. The molecule has 0 amide bonds. The molecule has 2 nitrogen and oxygen atoms in total. The second-order valence-corrected chi connectivity index (χ2v) is 13.3. The lowest BCUT2D eigenvalue weighted by Gasteiger charge is -2.13. The summed E-state index contributed by atoms with van der Waals surface area (Å²) in [5.74, 6) is 3.58. The summed E-state index contributed by atoms with van der Waals surface area (Å²) in [4.78, 5) is 6.37. The third-order valence-electron chi connectivity index (χ3n) is 7.01. The van der Waals surface area contributed by atoms with Crippen LogP contribution in [0.4, 0.5) is 0 Å². The third-order valence-corrected chi connectivity index (χ3v) is 10.6. The monoisotopic (exact) mass is 585 g/mol. The minimum atomic E-state index is -0.244. The molecule has 0 aliphatic heterocycles. The van der Waals surface area contributed by atoms with Gasteiger partial charge in [-0.3, -0.25) is 0 Å². The summed E-state index contributed by atoms with van der Waals surface area (Å²) in [6, 6.07) is 42.5. The highest BCUT2D eigenvalue weighted by molar-refractivity contribution is 7.99. The maximum Gasteiger partial charge on any atom is 0.169 e. The smallest absolute Gasteiger partial charge is 0.169 e. The van der Waals surface area contributed by atoms with Crippen LogP contribution in [-0.4, -0.2) is 0 Å². The zero-order valence-corrected chi connectivity index (χ0v) is 25.5. The summed E-state index contributed by atoms with van der Waals surface area (Å²) in [5.41, 5.74) is 2.57. The maximum atomic E-state index is 6.07. The van der Waals surface area contributed by atoms with Crippen molar-refractivity contribution in [3.05, 3.63) is 156 Å². The topological polar surface area (TPSA) is 18.5 Å². The first-order valence-electron chi connectivity index (χ1n) is 14.2. The van der Waals surface area contributed by atoms with Gasteiger partial charge in [-0.15, -0.1) is 0 Å². The minimum Gasteiger partial charge on any atom is -0.462 e. The normalized spacial score (nSPS) is 13.3. The molecule has 0 bridgehead atoms. The van der Waals surface area contributed by atoms with Gasteiger partial charge in [-0.1, -0.05) is 60.3 Å². The Morgan fingerprint density at radius 2 is 1.29 bits per heavy atom. The molecule has 0 saturated carbocycles. The van der Waals surface area contributed by atoms with Gasteiger partial charge in [0, 0.05) is 21.8 Å². The van der Waals surface area contributed by atoms with Crippen LogP contribution in [0.5, 0.6) is 17.2 Å². The van der Waals surface area contributed by atoms with Crippen molar-refractivity contribution in [3.63, 3.8) is 0 Å². The van der Waals surface area contributed by atoms with Crippen molar-refractivity contribution in [2.75, 3.05) is 0 Å². The fourth-order valence-electron chi connectivity index (χ4n) is 4.83. The van der Waals surface area contributed by atoms with E-state index in [4.69, 9.17) is 9.47 Å². The van der Waals surface area contributed by atoms with Crippen LogP contribution in [0.3, 0.4) is 0 Å². The minimum absolute atomic E-state index is 0.244. The number of rotatable bonds is 9. The first kappa shape index (κ1) is 28.0. The second-order valence-electron chi connectivity index (χ2n) is 10.2. The fourth-order valence-corrected chi connectivity index (χ4v) is 8.00. The number of benzene rings is 5. The quantitative estimate of drug-likeness (QED) is 0.160. The predicted octanol–water partition coefficient (Wildman–Crippen LogP) is 11.0. The Balaban J connectivity index is 1.23. The number of para-hydroxylation sites is 1. The Labute approximate surface area is 256 Å². The Kier molecular flexibility index (Phi) is 8.83. The number of ether oxygens (including phenoxy) is 2. The van der Waals surface area contributed by atoms with E-state index < -0.39 is 0 Å². The van der Waals surface area contributed by atoms with Gasteiger partial charge in [0.15, 0.2) is 14.7 Å². The average molecular weight is 586 g/mol. The average Bonchev–Trinajstić information content (AvgIpc) is 3.02. The molecule has 0 radical (unpaired) electrons. The number of hydrogen-bond donors (Lipinski definition) is 0. The molecule has 42 heavy (non-hydrogen) atoms. The molecule has 5 aromatic rings. The highest BCUT2D eigenvalue weighted by atomic mass is 32.2. The summed E-state index contributed by atoms with van der Waals surface area (Å²) >= 11 is 1.79. The van der Waals surface area contributed by atoms with Gasteiger partial charge in [0.25, 0.3) is 0 Å². The molecule has 1 aliphatic rings. The van der Waals surface area contributed by atoms with Gasteiger partial charge in [-0.05, 0) is 117 Å². The van der Waals surface area contributed by atoms with Gasteiger partial charge in [-0.25, -0.2) is 0 Å². The number of hydrogen-bond acceptors (Lipinski definition) is 3. The molecule has 5 aromatic carbocycles. The molecule has 0 N–H and O–H groups in total. The lowest BCUT2D eigenvalue weighted by Crippen LogP contribution is -2.07. The van der Waals surface area contributed by atoms with Crippen LogP contribution in [0.25, 0.3) is 0 Å². The standard InChI is InChI=1S/C38H33O2S2/c1-28-11-9-10-16-38(28)42(35-23-19-33(20-24-35)40-31-14-7-4-8-15-31)36-25-26-37(29(2)27-36)41-34-21-17-32(18-22-34)39-30-12-5-3-6-13-30/h3-5,7-12,14-27H,6,13H2,1-2H3/q+1. The van der Waals surface area contributed by atoms with Crippen LogP contribution in [0.15, 0.2) is 170 Å². The van der Waals surface area contributed by atoms with Crippen molar-refractivity contribution in [2.24, 2.45) is 0 Å². The van der Waals surface area contributed by atoms with E-state index in [9.17, 15) is 0 Å². The Morgan fingerprint density at radius 1 is 0.619 bits per heavy atom. The van der Waals surface area contributed by atoms with Gasteiger partial charge < -0.3 is 9.47 Å². The molecular formula is C38H33O2S2+. The summed E-state index contributed by atoms with van der Waals surface area (Å²) < 4.78 is 12.1. The molecule has 0 saturated heterocycles.